The second kappa shape index (κ2) is 5.88. The van der Waals surface area contributed by atoms with Crippen molar-refractivity contribution < 1.29 is 9.90 Å². The van der Waals surface area contributed by atoms with Gasteiger partial charge in [-0.25, -0.2) is 0 Å². The summed E-state index contributed by atoms with van der Waals surface area (Å²) in [5.41, 5.74) is 0.483. The van der Waals surface area contributed by atoms with Crippen LogP contribution in [-0.4, -0.2) is 45.4 Å². The number of amides is 1. The molecule has 1 fully saturated rings. The average Bonchev–Trinajstić information content (AvgIpc) is 3.35. The molecule has 0 radical (unpaired) electrons. The lowest BCUT2D eigenvalue weighted by Gasteiger charge is -2.21. The number of para-hydroxylation sites is 1. The van der Waals surface area contributed by atoms with Crippen molar-refractivity contribution in [2.75, 3.05) is 13.6 Å². The normalized spacial score (nSPS) is 15.7. The van der Waals surface area contributed by atoms with Crippen LogP contribution in [-0.2, 0) is 11.3 Å². The lowest BCUT2D eigenvalue weighted by molar-refractivity contribution is -0.132. The van der Waals surface area contributed by atoms with Crippen LogP contribution in [0.5, 0.6) is 0 Å². The molecule has 0 aliphatic heterocycles. The summed E-state index contributed by atoms with van der Waals surface area (Å²) in [6.45, 7) is 0.385. The van der Waals surface area contributed by atoms with E-state index in [4.69, 9.17) is 0 Å². The third-order valence-electron chi connectivity index (χ3n) is 4.10. The summed E-state index contributed by atoms with van der Waals surface area (Å²) in [6, 6.07) is 7.09. The molecule has 1 aliphatic rings. The van der Waals surface area contributed by atoms with Crippen LogP contribution >= 0.6 is 0 Å². The molecule has 1 aromatic heterocycles. The van der Waals surface area contributed by atoms with E-state index in [1.54, 1.807) is 25.2 Å². The maximum absolute atomic E-state index is 12.3. The smallest absolute Gasteiger partial charge is 0.244 e. The van der Waals surface area contributed by atoms with Gasteiger partial charge in [-0.15, -0.1) is 0 Å². The van der Waals surface area contributed by atoms with E-state index < -0.39 is 6.10 Å². The van der Waals surface area contributed by atoms with E-state index in [0.29, 0.717) is 23.4 Å². The number of fused-ring (bicyclic) bond motifs is 1. The number of hydrogen-bond acceptors (Lipinski definition) is 4. The van der Waals surface area contributed by atoms with Gasteiger partial charge in [-0.3, -0.25) is 14.3 Å². The van der Waals surface area contributed by atoms with Gasteiger partial charge in [-0.2, -0.15) is 5.10 Å². The maximum Gasteiger partial charge on any atom is 0.244 e. The highest BCUT2D eigenvalue weighted by Crippen LogP contribution is 2.32. The van der Waals surface area contributed by atoms with Gasteiger partial charge in [0.15, 0.2) is 0 Å². The first-order valence-corrected chi connectivity index (χ1v) is 7.43. The molecular formula is C16H19N3O3. The molecule has 1 unspecified atom stereocenters. The van der Waals surface area contributed by atoms with Crippen LogP contribution in [0, 0.1) is 5.92 Å². The largest absolute Gasteiger partial charge is 0.391 e. The molecule has 2 aromatic rings. The number of likely N-dealkylation sites (N-methyl/N-ethyl adjacent to an activating group) is 1. The molecule has 6 nitrogen and oxygen atoms in total. The van der Waals surface area contributed by atoms with Crippen molar-refractivity contribution >= 4 is 16.8 Å². The van der Waals surface area contributed by atoms with E-state index in [2.05, 4.69) is 5.10 Å². The Bertz CT molecular complexity index is 752. The fourth-order valence-electron chi connectivity index (χ4n) is 2.55. The molecule has 1 aliphatic carbocycles. The molecule has 0 spiro atoms. The molecule has 1 amide bonds. The number of carbonyl (C=O) groups excluding carboxylic acids is 1. The molecule has 6 heteroatoms. The highest BCUT2D eigenvalue weighted by atomic mass is 16.3. The molecule has 116 valence electrons. The molecule has 1 aromatic carbocycles. The van der Waals surface area contributed by atoms with Crippen molar-refractivity contribution in [3.8, 4) is 0 Å². The lowest BCUT2D eigenvalue weighted by Crippen LogP contribution is -2.37. The Morgan fingerprint density at radius 1 is 1.45 bits per heavy atom. The van der Waals surface area contributed by atoms with Crippen molar-refractivity contribution in [2.45, 2.75) is 25.5 Å². The summed E-state index contributed by atoms with van der Waals surface area (Å²) in [5, 5.41) is 14.5. The van der Waals surface area contributed by atoms with Crippen LogP contribution in [0.2, 0.25) is 0 Å². The van der Waals surface area contributed by atoms with Crippen LogP contribution in [0.25, 0.3) is 10.9 Å². The second-order valence-corrected chi connectivity index (χ2v) is 5.86. The Morgan fingerprint density at radius 3 is 2.91 bits per heavy atom. The minimum atomic E-state index is -0.451. The SMILES string of the molecule is CN(CC(O)C1CC1)C(=O)Cn1ncc(=O)c2ccccc21. The summed E-state index contributed by atoms with van der Waals surface area (Å²) < 4.78 is 1.53. The van der Waals surface area contributed by atoms with Gasteiger partial charge < -0.3 is 10.0 Å². The van der Waals surface area contributed by atoms with Crippen LogP contribution < -0.4 is 5.43 Å². The van der Waals surface area contributed by atoms with Crippen LogP contribution in [0.3, 0.4) is 0 Å². The number of nitrogens with zero attached hydrogens (tertiary/aromatic N) is 3. The Labute approximate surface area is 128 Å². The number of hydrogen-bond donors (Lipinski definition) is 1. The van der Waals surface area contributed by atoms with E-state index in [9.17, 15) is 14.7 Å². The number of benzene rings is 1. The van der Waals surface area contributed by atoms with E-state index >= 15 is 0 Å². The van der Waals surface area contributed by atoms with Gasteiger partial charge in [-0.05, 0) is 30.9 Å². The van der Waals surface area contributed by atoms with Crippen molar-refractivity contribution in [3.05, 3.63) is 40.7 Å². The monoisotopic (exact) mass is 301 g/mol. The first-order chi connectivity index (χ1) is 10.6. The molecule has 22 heavy (non-hydrogen) atoms. The first-order valence-electron chi connectivity index (χ1n) is 7.43. The van der Waals surface area contributed by atoms with Gasteiger partial charge in [0.25, 0.3) is 0 Å². The summed E-state index contributed by atoms with van der Waals surface area (Å²) >= 11 is 0. The van der Waals surface area contributed by atoms with Crippen LogP contribution in [0.15, 0.2) is 35.3 Å². The third kappa shape index (κ3) is 3.01. The molecule has 1 saturated carbocycles. The first kappa shape index (κ1) is 14.7. The molecule has 0 saturated heterocycles. The topological polar surface area (TPSA) is 75.4 Å². The second-order valence-electron chi connectivity index (χ2n) is 5.86. The van der Waals surface area contributed by atoms with E-state index in [0.717, 1.165) is 12.8 Å². The Balaban J connectivity index is 1.76. The Kier molecular flexibility index (Phi) is 3.94. The van der Waals surface area contributed by atoms with Gasteiger partial charge >= 0.3 is 0 Å². The summed E-state index contributed by atoms with van der Waals surface area (Å²) in [6.07, 6.45) is 2.85. The summed E-state index contributed by atoms with van der Waals surface area (Å²) in [7, 11) is 1.68. The van der Waals surface area contributed by atoms with Gasteiger partial charge in [0.2, 0.25) is 11.3 Å². The number of aromatic nitrogens is 2. The zero-order chi connectivity index (χ0) is 15.7. The molecule has 3 rings (SSSR count). The average molecular weight is 301 g/mol. The maximum atomic E-state index is 12.3. The molecule has 0 bridgehead atoms. The number of rotatable bonds is 5. The Hall–Kier alpha value is -2.21. The fraction of sp³-hybridized carbons (Fsp3) is 0.438. The lowest BCUT2D eigenvalue weighted by atomic mass is 10.2. The van der Waals surface area contributed by atoms with E-state index in [1.807, 2.05) is 6.07 Å². The molecule has 1 atom stereocenters. The van der Waals surface area contributed by atoms with Crippen LogP contribution in [0.4, 0.5) is 0 Å². The fourth-order valence-corrected chi connectivity index (χ4v) is 2.55. The van der Waals surface area contributed by atoms with Gasteiger partial charge in [0.1, 0.15) is 6.54 Å². The minimum Gasteiger partial charge on any atom is -0.391 e. The minimum absolute atomic E-state index is 0.0503. The van der Waals surface area contributed by atoms with Crippen molar-refractivity contribution in [2.24, 2.45) is 5.92 Å². The quantitative estimate of drug-likeness (QED) is 0.879. The number of aliphatic hydroxyl groups is 1. The van der Waals surface area contributed by atoms with Crippen molar-refractivity contribution in [1.29, 1.82) is 0 Å². The number of aliphatic hydroxyl groups excluding tert-OH is 1. The van der Waals surface area contributed by atoms with Gasteiger partial charge in [-0.1, -0.05) is 12.1 Å². The molecule has 1 heterocycles. The number of carbonyl (C=O) groups is 1. The third-order valence-corrected chi connectivity index (χ3v) is 4.10. The summed E-state index contributed by atoms with van der Waals surface area (Å²) in [5.74, 6) is 0.197. The van der Waals surface area contributed by atoms with Gasteiger partial charge in [0, 0.05) is 19.0 Å². The van der Waals surface area contributed by atoms with E-state index in [-0.39, 0.29) is 17.9 Å². The zero-order valence-corrected chi connectivity index (χ0v) is 12.5. The predicted octanol–water partition coefficient (Wildman–Crippen LogP) is 0.626. The van der Waals surface area contributed by atoms with Crippen molar-refractivity contribution in [1.82, 2.24) is 14.7 Å². The van der Waals surface area contributed by atoms with Gasteiger partial charge in [0.05, 0.1) is 17.8 Å². The zero-order valence-electron chi connectivity index (χ0n) is 12.5. The predicted molar refractivity (Wildman–Crippen MR) is 82.4 cm³/mol. The Morgan fingerprint density at radius 2 is 2.18 bits per heavy atom. The highest BCUT2D eigenvalue weighted by molar-refractivity contribution is 5.81. The van der Waals surface area contributed by atoms with Crippen LogP contribution in [0.1, 0.15) is 12.8 Å². The standard InChI is InChI=1S/C16H19N3O3/c1-18(9-15(21)11-6-7-11)16(22)10-19-13-5-3-2-4-12(13)14(20)8-17-19/h2-5,8,11,15,21H,6-7,9-10H2,1H3. The summed E-state index contributed by atoms with van der Waals surface area (Å²) in [4.78, 5) is 25.6. The molecule has 1 N–H and O–H groups in total. The highest BCUT2D eigenvalue weighted by Gasteiger charge is 2.31. The van der Waals surface area contributed by atoms with E-state index in [1.165, 1.54) is 15.8 Å². The molecular weight excluding hydrogens is 282 g/mol. The van der Waals surface area contributed by atoms with Crippen molar-refractivity contribution in [3.63, 3.8) is 0 Å².